The number of halogens is 3. The van der Waals surface area contributed by atoms with E-state index >= 15 is 0 Å². The molecule has 0 heterocycles. The summed E-state index contributed by atoms with van der Waals surface area (Å²) < 4.78 is 15.1. The molecule has 2 rings (SSSR count). The van der Waals surface area contributed by atoms with Crippen molar-refractivity contribution in [2.45, 2.75) is 19.4 Å². The maximum Gasteiger partial charge on any atom is 0.124 e. The molecule has 2 N–H and O–H groups in total. The molecule has 0 fully saturated rings. The van der Waals surface area contributed by atoms with Gasteiger partial charge in [0.15, 0.2) is 0 Å². The van der Waals surface area contributed by atoms with Gasteiger partial charge in [0.05, 0.1) is 0 Å². The van der Waals surface area contributed by atoms with Crippen molar-refractivity contribution in [1.82, 2.24) is 0 Å². The van der Waals surface area contributed by atoms with Crippen LogP contribution in [0.15, 0.2) is 45.3 Å². The molecular weight excluding hydrogens is 373 g/mol. The molecule has 2 aromatic carbocycles. The molecule has 0 saturated heterocycles. The Morgan fingerprint density at radius 3 is 2.53 bits per heavy atom. The minimum Gasteiger partial charge on any atom is -0.324 e. The molecule has 0 aliphatic heterocycles. The number of benzene rings is 2. The molecule has 0 spiro atoms. The second-order valence-electron chi connectivity index (χ2n) is 4.61. The molecule has 4 heteroatoms. The van der Waals surface area contributed by atoms with Gasteiger partial charge in [-0.25, -0.2) is 4.39 Å². The van der Waals surface area contributed by atoms with Crippen molar-refractivity contribution in [3.8, 4) is 0 Å². The highest BCUT2D eigenvalue weighted by molar-refractivity contribution is 9.10. The smallest absolute Gasteiger partial charge is 0.124 e. The van der Waals surface area contributed by atoms with E-state index in [0.29, 0.717) is 6.42 Å². The average Bonchev–Trinajstić information content (AvgIpc) is 2.26. The van der Waals surface area contributed by atoms with E-state index in [0.717, 1.165) is 20.1 Å². The summed E-state index contributed by atoms with van der Waals surface area (Å²) in [6.45, 7) is 2.03. The van der Waals surface area contributed by atoms with Gasteiger partial charge in [0.1, 0.15) is 5.82 Å². The van der Waals surface area contributed by atoms with Gasteiger partial charge in [-0.15, -0.1) is 0 Å². The van der Waals surface area contributed by atoms with Crippen LogP contribution in [0.1, 0.15) is 22.7 Å². The molecule has 19 heavy (non-hydrogen) atoms. The van der Waals surface area contributed by atoms with Gasteiger partial charge in [0.25, 0.3) is 0 Å². The summed E-state index contributed by atoms with van der Waals surface area (Å²) in [5.41, 5.74) is 9.30. The Kier molecular flexibility index (Phi) is 4.76. The number of hydrogen-bond acceptors (Lipinski definition) is 1. The molecule has 0 amide bonds. The summed E-state index contributed by atoms with van der Waals surface area (Å²) in [5.74, 6) is -0.250. The zero-order valence-corrected chi connectivity index (χ0v) is 13.6. The maximum atomic E-state index is 13.3. The van der Waals surface area contributed by atoms with E-state index in [1.165, 1.54) is 17.7 Å². The van der Waals surface area contributed by atoms with E-state index in [2.05, 4.69) is 31.9 Å². The third-order valence-electron chi connectivity index (χ3n) is 2.93. The first-order valence-corrected chi connectivity index (χ1v) is 7.51. The number of hydrogen-bond donors (Lipinski definition) is 1. The Morgan fingerprint density at radius 1 is 1.16 bits per heavy atom. The fraction of sp³-hybridized carbons (Fsp3) is 0.200. The van der Waals surface area contributed by atoms with Crippen molar-refractivity contribution in [2.24, 2.45) is 5.73 Å². The molecule has 0 radical (unpaired) electrons. The molecule has 0 aliphatic rings. The highest BCUT2D eigenvalue weighted by atomic mass is 79.9. The van der Waals surface area contributed by atoms with Crippen molar-refractivity contribution in [3.63, 3.8) is 0 Å². The third kappa shape index (κ3) is 3.88. The van der Waals surface area contributed by atoms with Gasteiger partial charge in [-0.1, -0.05) is 44.0 Å². The minimum absolute atomic E-state index is 0.163. The van der Waals surface area contributed by atoms with E-state index in [1.807, 2.05) is 31.2 Å². The van der Waals surface area contributed by atoms with Crippen LogP contribution < -0.4 is 5.73 Å². The summed E-state index contributed by atoms with van der Waals surface area (Å²) in [6.07, 6.45) is 0.595. The first kappa shape index (κ1) is 14.7. The highest BCUT2D eigenvalue weighted by Gasteiger charge is 2.11. The molecule has 0 aliphatic carbocycles. The quantitative estimate of drug-likeness (QED) is 0.797. The molecule has 2 aromatic rings. The van der Waals surface area contributed by atoms with Gasteiger partial charge < -0.3 is 5.73 Å². The normalized spacial score (nSPS) is 12.5. The van der Waals surface area contributed by atoms with Crippen LogP contribution in [0.3, 0.4) is 0 Å². The first-order chi connectivity index (χ1) is 8.95. The minimum atomic E-state index is -0.250. The topological polar surface area (TPSA) is 26.0 Å². The van der Waals surface area contributed by atoms with Gasteiger partial charge in [-0.2, -0.15) is 0 Å². The summed E-state index contributed by atoms with van der Waals surface area (Å²) in [7, 11) is 0. The van der Waals surface area contributed by atoms with Gasteiger partial charge in [-0.05, 0) is 54.3 Å². The lowest BCUT2D eigenvalue weighted by Crippen LogP contribution is -2.14. The molecule has 1 atom stereocenters. The monoisotopic (exact) mass is 385 g/mol. The van der Waals surface area contributed by atoms with Gasteiger partial charge in [0.2, 0.25) is 0 Å². The summed E-state index contributed by atoms with van der Waals surface area (Å²) in [5, 5.41) is 0. The Hall–Kier alpha value is -0.710. The molecule has 0 saturated carbocycles. The summed E-state index contributed by atoms with van der Waals surface area (Å²) in [4.78, 5) is 0. The molecule has 0 aromatic heterocycles. The lowest BCUT2D eigenvalue weighted by molar-refractivity contribution is 0.621. The summed E-state index contributed by atoms with van der Waals surface area (Å²) in [6, 6.07) is 10.8. The van der Waals surface area contributed by atoms with Crippen LogP contribution in [0.25, 0.3) is 0 Å². The predicted molar refractivity (Wildman–Crippen MR) is 83.6 cm³/mol. The van der Waals surface area contributed by atoms with Crippen molar-refractivity contribution in [2.75, 3.05) is 0 Å². The SMILES string of the molecule is Cc1ccc(C(N)Cc2cc(F)cc(Br)c2)c(Br)c1. The Bertz CT molecular complexity index is 578. The van der Waals surface area contributed by atoms with E-state index in [1.54, 1.807) is 0 Å². The van der Waals surface area contributed by atoms with Crippen LogP contribution in [0.2, 0.25) is 0 Å². The van der Waals surface area contributed by atoms with E-state index < -0.39 is 0 Å². The fourth-order valence-electron chi connectivity index (χ4n) is 2.03. The zero-order chi connectivity index (χ0) is 14.0. The number of rotatable bonds is 3. The number of nitrogens with two attached hydrogens (primary N) is 1. The van der Waals surface area contributed by atoms with Crippen LogP contribution in [-0.2, 0) is 6.42 Å². The average molecular weight is 387 g/mol. The van der Waals surface area contributed by atoms with Crippen molar-refractivity contribution >= 4 is 31.9 Å². The molecular formula is C15H14Br2FN. The first-order valence-electron chi connectivity index (χ1n) is 5.92. The Balaban J connectivity index is 2.22. The van der Waals surface area contributed by atoms with Crippen LogP contribution in [0.4, 0.5) is 4.39 Å². The second-order valence-corrected chi connectivity index (χ2v) is 6.38. The zero-order valence-electron chi connectivity index (χ0n) is 10.5. The number of aryl methyl sites for hydroxylation is 1. The van der Waals surface area contributed by atoms with Crippen LogP contribution >= 0.6 is 31.9 Å². The standard InChI is InChI=1S/C15H14Br2FN/c1-9-2-3-13(14(17)4-9)15(19)7-10-5-11(16)8-12(18)6-10/h2-6,8,15H,7,19H2,1H3. The lowest BCUT2D eigenvalue weighted by Gasteiger charge is -2.15. The molecule has 100 valence electrons. The van der Waals surface area contributed by atoms with Crippen molar-refractivity contribution in [1.29, 1.82) is 0 Å². The molecule has 1 nitrogen and oxygen atoms in total. The Morgan fingerprint density at radius 2 is 1.89 bits per heavy atom. The maximum absolute atomic E-state index is 13.3. The molecule has 0 bridgehead atoms. The third-order valence-corrected chi connectivity index (χ3v) is 4.08. The van der Waals surface area contributed by atoms with Crippen LogP contribution in [0, 0.1) is 12.7 Å². The van der Waals surface area contributed by atoms with Gasteiger partial charge in [-0.3, -0.25) is 0 Å². The van der Waals surface area contributed by atoms with Gasteiger partial charge in [0, 0.05) is 15.0 Å². The van der Waals surface area contributed by atoms with E-state index in [-0.39, 0.29) is 11.9 Å². The lowest BCUT2D eigenvalue weighted by atomic mass is 9.99. The van der Waals surface area contributed by atoms with Crippen LogP contribution in [0.5, 0.6) is 0 Å². The largest absolute Gasteiger partial charge is 0.324 e. The second kappa shape index (κ2) is 6.16. The molecule has 1 unspecified atom stereocenters. The fourth-order valence-corrected chi connectivity index (χ4v) is 3.33. The van der Waals surface area contributed by atoms with E-state index in [9.17, 15) is 4.39 Å². The van der Waals surface area contributed by atoms with Crippen molar-refractivity contribution < 1.29 is 4.39 Å². The summed E-state index contributed by atoms with van der Waals surface area (Å²) >= 11 is 6.82. The highest BCUT2D eigenvalue weighted by Crippen LogP contribution is 2.26. The Labute approximate surface area is 129 Å². The van der Waals surface area contributed by atoms with Crippen molar-refractivity contribution in [3.05, 3.63) is 67.9 Å². The van der Waals surface area contributed by atoms with Crippen LogP contribution in [-0.4, -0.2) is 0 Å². The predicted octanol–water partition coefficient (Wildman–Crippen LogP) is 4.90. The van der Waals surface area contributed by atoms with Gasteiger partial charge >= 0.3 is 0 Å². The van der Waals surface area contributed by atoms with E-state index in [4.69, 9.17) is 5.73 Å².